The van der Waals surface area contributed by atoms with Gasteiger partial charge in [-0.3, -0.25) is 4.99 Å². The summed E-state index contributed by atoms with van der Waals surface area (Å²) in [5.41, 5.74) is 2.55. The van der Waals surface area contributed by atoms with E-state index in [-0.39, 0.29) is 29.4 Å². The predicted octanol–water partition coefficient (Wildman–Crippen LogP) is 4.26. The zero-order chi connectivity index (χ0) is 19.7. The summed E-state index contributed by atoms with van der Waals surface area (Å²) in [5.74, 6) is 2.24. The van der Waals surface area contributed by atoms with Crippen molar-refractivity contribution in [3.8, 4) is 11.5 Å². The number of hydrogen-bond acceptors (Lipinski definition) is 3. The molecule has 0 bridgehead atoms. The largest absolute Gasteiger partial charge is 0.493 e. The Morgan fingerprint density at radius 1 is 0.929 bits per heavy atom. The molecule has 0 saturated carbocycles. The Morgan fingerprint density at radius 3 is 2.21 bits per heavy atom. The molecule has 0 aliphatic rings. The molecule has 6 heteroatoms. The normalized spacial score (nSPS) is 11.4. The van der Waals surface area contributed by atoms with Crippen molar-refractivity contribution in [1.29, 1.82) is 0 Å². The van der Waals surface area contributed by atoms with Gasteiger partial charge in [-0.05, 0) is 35.1 Å². The Hall–Kier alpha value is -1.96. The van der Waals surface area contributed by atoms with Crippen LogP contribution in [0.1, 0.15) is 25.0 Å². The first-order chi connectivity index (χ1) is 13.0. The van der Waals surface area contributed by atoms with Gasteiger partial charge >= 0.3 is 0 Å². The van der Waals surface area contributed by atoms with E-state index in [1.807, 2.05) is 18.2 Å². The molecule has 2 N–H and O–H groups in total. The lowest BCUT2D eigenvalue weighted by molar-refractivity contribution is 0.354. The van der Waals surface area contributed by atoms with Crippen molar-refractivity contribution in [2.45, 2.75) is 26.8 Å². The second-order valence-corrected chi connectivity index (χ2v) is 7.30. The maximum Gasteiger partial charge on any atom is 0.191 e. The molecule has 0 aliphatic heterocycles. The Labute approximate surface area is 186 Å². The topological polar surface area (TPSA) is 54.9 Å². The summed E-state index contributed by atoms with van der Waals surface area (Å²) < 4.78 is 10.6. The third-order valence-electron chi connectivity index (χ3n) is 4.39. The number of guanidine groups is 1. The highest BCUT2D eigenvalue weighted by atomic mass is 127. The van der Waals surface area contributed by atoms with Gasteiger partial charge in [0.05, 0.1) is 14.2 Å². The lowest BCUT2D eigenvalue weighted by atomic mass is 9.86. The fourth-order valence-electron chi connectivity index (χ4n) is 2.93. The van der Waals surface area contributed by atoms with Gasteiger partial charge in [0.1, 0.15) is 0 Å². The quantitative estimate of drug-likeness (QED) is 0.325. The molecule has 0 saturated heterocycles. The number of benzene rings is 2. The van der Waals surface area contributed by atoms with Crippen LogP contribution in [-0.2, 0) is 13.0 Å². The van der Waals surface area contributed by atoms with Crippen LogP contribution in [0, 0.1) is 5.41 Å². The smallest absolute Gasteiger partial charge is 0.191 e. The van der Waals surface area contributed by atoms with Crippen LogP contribution in [0.5, 0.6) is 11.5 Å². The van der Waals surface area contributed by atoms with Gasteiger partial charge in [-0.25, -0.2) is 0 Å². The molecule has 0 heterocycles. The molecule has 0 fully saturated rings. The number of hydrogen-bond donors (Lipinski definition) is 2. The zero-order valence-corrected chi connectivity index (χ0v) is 19.7. The van der Waals surface area contributed by atoms with Gasteiger partial charge in [0.2, 0.25) is 0 Å². The van der Waals surface area contributed by atoms with Crippen molar-refractivity contribution in [2.75, 3.05) is 27.8 Å². The van der Waals surface area contributed by atoms with E-state index in [1.165, 1.54) is 5.56 Å². The highest BCUT2D eigenvalue weighted by Crippen LogP contribution is 2.27. The molecule has 0 unspecified atom stereocenters. The maximum atomic E-state index is 5.36. The SMILES string of the molecule is CN=C(NCc1ccc(OC)c(OC)c1)NCC(C)(C)Cc1ccccc1.I. The van der Waals surface area contributed by atoms with E-state index in [0.29, 0.717) is 6.54 Å². The Balaban J connectivity index is 0.00000392. The molecular weight excluding hydrogens is 465 g/mol. The Bertz CT molecular complexity index is 749. The van der Waals surface area contributed by atoms with E-state index >= 15 is 0 Å². The molecule has 154 valence electrons. The molecule has 0 aliphatic carbocycles. The molecule has 2 aromatic carbocycles. The minimum absolute atomic E-state index is 0. The maximum absolute atomic E-state index is 5.36. The number of methoxy groups -OCH3 is 2. The Morgan fingerprint density at radius 2 is 1.61 bits per heavy atom. The third-order valence-corrected chi connectivity index (χ3v) is 4.39. The van der Waals surface area contributed by atoms with Crippen LogP contribution in [0.3, 0.4) is 0 Å². The van der Waals surface area contributed by atoms with Crippen LogP contribution in [-0.4, -0.2) is 33.8 Å². The molecule has 0 spiro atoms. The second kappa shape index (κ2) is 11.8. The van der Waals surface area contributed by atoms with E-state index in [9.17, 15) is 0 Å². The van der Waals surface area contributed by atoms with Gasteiger partial charge in [-0.15, -0.1) is 24.0 Å². The molecule has 2 aromatic rings. The number of rotatable bonds is 8. The zero-order valence-electron chi connectivity index (χ0n) is 17.4. The average Bonchev–Trinajstić information content (AvgIpc) is 2.68. The van der Waals surface area contributed by atoms with Crippen molar-refractivity contribution in [1.82, 2.24) is 10.6 Å². The molecule has 0 aromatic heterocycles. The molecule has 28 heavy (non-hydrogen) atoms. The molecule has 0 amide bonds. The van der Waals surface area contributed by atoms with Crippen LogP contribution >= 0.6 is 24.0 Å². The minimum Gasteiger partial charge on any atom is -0.493 e. The van der Waals surface area contributed by atoms with Gasteiger partial charge in [0.15, 0.2) is 17.5 Å². The van der Waals surface area contributed by atoms with Crippen molar-refractivity contribution in [2.24, 2.45) is 10.4 Å². The summed E-state index contributed by atoms with van der Waals surface area (Å²) in [5, 5.41) is 6.79. The third kappa shape index (κ3) is 7.58. The van der Waals surface area contributed by atoms with Gasteiger partial charge < -0.3 is 20.1 Å². The first kappa shape index (κ1) is 24.1. The van der Waals surface area contributed by atoms with E-state index in [1.54, 1.807) is 21.3 Å². The van der Waals surface area contributed by atoms with Crippen LogP contribution in [0.2, 0.25) is 0 Å². The summed E-state index contributed by atoms with van der Waals surface area (Å²) >= 11 is 0. The summed E-state index contributed by atoms with van der Waals surface area (Å²) in [6.45, 7) is 6.00. The van der Waals surface area contributed by atoms with E-state index < -0.39 is 0 Å². The number of ether oxygens (including phenoxy) is 2. The van der Waals surface area contributed by atoms with Crippen molar-refractivity contribution in [3.05, 3.63) is 59.7 Å². The second-order valence-electron chi connectivity index (χ2n) is 7.30. The van der Waals surface area contributed by atoms with Crippen molar-refractivity contribution >= 4 is 29.9 Å². The standard InChI is InChI=1S/C22H31N3O2.HI/c1-22(2,14-17-9-7-6-8-10-17)16-25-21(23-3)24-15-18-11-12-19(26-4)20(13-18)27-5;/h6-13H,14-16H2,1-5H3,(H2,23,24,25);1H. The van der Waals surface area contributed by atoms with E-state index in [2.05, 4.69) is 59.8 Å². The highest BCUT2D eigenvalue weighted by molar-refractivity contribution is 14.0. The fraction of sp³-hybridized carbons (Fsp3) is 0.409. The summed E-state index contributed by atoms with van der Waals surface area (Å²) in [6, 6.07) is 16.5. The van der Waals surface area contributed by atoms with Gasteiger partial charge in [-0.1, -0.05) is 50.2 Å². The number of nitrogens with one attached hydrogen (secondary N) is 2. The van der Waals surface area contributed by atoms with Crippen LogP contribution in [0.4, 0.5) is 0 Å². The molecule has 0 radical (unpaired) electrons. The monoisotopic (exact) mass is 497 g/mol. The lowest BCUT2D eigenvalue weighted by Crippen LogP contribution is -2.42. The highest BCUT2D eigenvalue weighted by Gasteiger charge is 2.19. The number of aliphatic imine (C=N–C) groups is 1. The number of halogens is 1. The van der Waals surface area contributed by atoms with E-state index in [4.69, 9.17) is 9.47 Å². The van der Waals surface area contributed by atoms with Crippen molar-refractivity contribution in [3.63, 3.8) is 0 Å². The van der Waals surface area contributed by atoms with E-state index in [0.717, 1.165) is 36.0 Å². The molecule has 2 rings (SSSR count). The number of nitrogens with zero attached hydrogens (tertiary/aromatic N) is 1. The van der Waals surface area contributed by atoms with Crippen molar-refractivity contribution < 1.29 is 9.47 Å². The van der Waals surface area contributed by atoms with Crippen LogP contribution < -0.4 is 20.1 Å². The summed E-state index contributed by atoms with van der Waals surface area (Å²) in [7, 11) is 5.07. The minimum atomic E-state index is 0. The molecule has 5 nitrogen and oxygen atoms in total. The fourth-order valence-corrected chi connectivity index (χ4v) is 2.93. The lowest BCUT2D eigenvalue weighted by Gasteiger charge is -2.26. The van der Waals surface area contributed by atoms with Gasteiger partial charge in [-0.2, -0.15) is 0 Å². The first-order valence-corrected chi connectivity index (χ1v) is 9.17. The Kier molecular flexibility index (Phi) is 10.1. The molecular formula is C22H32IN3O2. The van der Waals surface area contributed by atoms with Gasteiger partial charge in [0, 0.05) is 20.1 Å². The average molecular weight is 497 g/mol. The van der Waals surface area contributed by atoms with Crippen LogP contribution in [0.15, 0.2) is 53.5 Å². The first-order valence-electron chi connectivity index (χ1n) is 9.17. The molecule has 0 atom stereocenters. The van der Waals surface area contributed by atoms with Crippen LogP contribution in [0.25, 0.3) is 0 Å². The summed E-state index contributed by atoms with van der Waals surface area (Å²) in [4.78, 5) is 4.33. The summed E-state index contributed by atoms with van der Waals surface area (Å²) in [6.07, 6.45) is 1.01. The predicted molar refractivity (Wildman–Crippen MR) is 127 cm³/mol. The van der Waals surface area contributed by atoms with Gasteiger partial charge in [0.25, 0.3) is 0 Å².